The fourth-order valence-electron chi connectivity index (χ4n) is 2.47. The first-order chi connectivity index (χ1) is 14.8. The summed E-state index contributed by atoms with van der Waals surface area (Å²) in [6, 6.07) is 19.0. The van der Waals surface area contributed by atoms with Crippen molar-refractivity contribution in [2.45, 2.75) is 4.90 Å². The van der Waals surface area contributed by atoms with Gasteiger partial charge in [0.05, 0.1) is 4.47 Å². The van der Waals surface area contributed by atoms with Crippen LogP contribution in [-0.2, 0) is 14.9 Å². The number of halogens is 2. The zero-order chi connectivity index (χ0) is 22.4. The quantitative estimate of drug-likeness (QED) is 0.295. The number of nitrogens with one attached hydrogen (secondary N) is 1. The average Bonchev–Trinajstić information content (AvgIpc) is 2.76. The lowest BCUT2D eigenvalue weighted by atomic mass is 10.1. The molecule has 1 amide bonds. The molecule has 9 heteroatoms. The topological polar surface area (TPSA) is 96.3 Å². The van der Waals surface area contributed by atoms with Gasteiger partial charge in [-0.3, -0.25) is 4.79 Å². The van der Waals surface area contributed by atoms with Crippen molar-refractivity contribution in [3.05, 3.63) is 94.2 Å². The molecule has 1 N–H and O–H groups in total. The molecule has 0 radical (unpaired) electrons. The maximum Gasteiger partial charge on any atom is 0.339 e. The standard InChI is InChI=1S/C22H14BrFN2O4S/c23-20-13-15(6-11-21(20)30-31(28,29)19-4-2-1-3-5-19)12-16(14-25)22(27)26-18-9-7-17(24)8-10-18/h1-13H,(H,26,27)/b16-12+. The molecule has 0 aromatic heterocycles. The third-order valence-electron chi connectivity index (χ3n) is 3.97. The van der Waals surface area contributed by atoms with E-state index in [0.717, 1.165) is 0 Å². The fourth-order valence-corrected chi connectivity index (χ4v) is 4.03. The predicted octanol–water partition coefficient (Wildman–Crippen LogP) is 4.90. The van der Waals surface area contributed by atoms with E-state index in [1.165, 1.54) is 60.7 Å². The van der Waals surface area contributed by atoms with Crippen molar-refractivity contribution in [2.75, 3.05) is 5.32 Å². The molecule has 0 aliphatic heterocycles. The molecule has 3 aromatic carbocycles. The summed E-state index contributed by atoms with van der Waals surface area (Å²) < 4.78 is 43.2. The molecule has 0 atom stereocenters. The summed E-state index contributed by atoms with van der Waals surface area (Å²) in [7, 11) is -4.02. The monoisotopic (exact) mass is 500 g/mol. The number of nitrogens with zero attached hydrogens (tertiary/aromatic N) is 1. The van der Waals surface area contributed by atoms with Crippen LogP contribution >= 0.6 is 15.9 Å². The number of hydrogen-bond acceptors (Lipinski definition) is 5. The van der Waals surface area contributed by atoms with Gasteiger partial charge in [-0.25, -0.2) is 4.39 Å². The van der Waals surface area contributed by atoms with E-state index < -0.39 is 21.8 Å². The molecular weight excluding hydrogens is 487 g/mol. The maximum atomic E-state index is 13.0. The Morgan fingerprint density at radius 2 is 1.74 bits per heavy atom. The van der Waals surface area contributed by atoms with Crippen molar-refractivity contribution < 1.29 is 21.8 Å². The second-order valence-corrected chi connectivity index (χ2v) is 8.57. The van der Waals surface area contributed by atoms with Crippen LogP contribution in [0, 0.1) is 17.1 Å². The molecule has 0 heterocycles. The Labute approximate surface area is 186 Å². The van der Waals surface area contributed by atoms with Gasteiger partial charge in [0.25, 0.3) is 5.91 Å². The Morgan fingerprint density at radius 3 is 2.35 bits per heavy atom. The van der Waals surface area contributed by atoms with E-state index in [0.29, 0.717) is 15.7 Å². The van der Waals surface area contributed by atoms with Crippen LogP contribution < -0.4 is 9.50 Å². The minimum atomic E-state index is -4.02. The van der Waals surface area contributed by atoms with Gasteiger partial charge in [0.2, 0.25) is 0 Å². The second-order valence-electron chi connectivity index (χ2n) is 6.17. The zero-order valence-corrected chi connectivity index (χ0v) is 18.2. The van der Waals surface area contributed by atoms with Gasteiger partial charge in [-0.1, -0.05) is 24.3 Å². The third kappa shape index (κ3) is 5.78. The van der Waals surface area contributed by atoms with Crippen molar-refractivity contribution in [2.24, 2.45) is 0 Å². The molecule has 0 fully saturated rings. The van der Waals surface area contributed by atoms with Gasteiger partial charge >= 0.3 is 10.1 Å². The molecular formula is C22H14BrFN2O4S. The molecule has 3 aromatic rings. The lowest BCUT2D eigenvalue weighted by Gasteiger charge is -2.09. The van der Waals surface area contributed by atoms with Crippen LogP contribution in [0.1, 0.15) is 5.56 Å². The molecule has 0 aliphatic rings. The lowest BCUT2D eigenvalue weighted by Crippen LogP contribution is -2.13. The Hall–Kier alpha value is -3.48. The first-order valence-electron chi connectivity index (χ1n) is 8.76. The molecule has 156 valence electrons. The van der Waals surface area contributed by atoms with Gasteiger partial charge in [-0.15, -0.1) is 0 Å². The minimum Gasteiger partial charge on any atom is -0.378 e. The van der Waals surface area contributed by atoms with E-state index in [1.54, 1.807) is 18.2 Å². The number of carbonyl (C=O) groups is 1. The number of rotatable bonds is 6. The largest absolute Gasteiger partial charge is 0.378 e. The van der Waals surface area contributed by atoms with Crippen molar-refractivity contribution >= 4 is 43.7 Å². The van der Waals surface area contributed by atoms with E-state index >= 15 is 0 Å². The van der Waals surface area contributed by atoms with Crippen molar-refractivity contribution in [3.63, 3.8) is 0 Å². The highest BCUT2D eigenvalue weighted by Crippen LogP contribution is 2.29. The first kappa shape index (κ1) is 22.2. The van der Waals surface area contributed by atoms with Gasteiger partial charge in [0, 0.05) is 5.69 Å². The zero-order valence-electron chi connectivity index (χ0n) is 15.7. The number of carbonyl (C=O) groups excluding carboxylic acids is 1. The predicted molar refractivity (Wildman–Crippen MR) is 117 cm³/mol. The number of nitriles is 1. The van der Waals surface area contributed by atoms with Gasteiger partial charge < -0.3 is 9.50 Å². The Kier molecular flexibility index (Phi) is 6.84. The first-order valence-corrected chi connectivity index (χ1v) is 11.0. The molecule has 0 spiro atoms. The average molecular weight is 501 g/mol. The van der Waals surface area contributed by atoms with Crippen LogP contribution in [0.5, 0.6) is 5.75 Å². The Balaban J connectivity index is 1.79. The number of amides is 1. The van der Waals surface area contributed by atoms with Gasteiger partial charge in [-0.05, 0) is 76.1 Å². The van der Waals surface area contributed by atoms with E-state index in [1.807, 2.05) is 6.07 Å². The smallest absolute Gasteiger partial charge is 0.339 e. The summed E-state index contributed by atoms with van der Waals surface area (Å²) in [4.78, 5) is 12.3. The van der Waals surface area contributed by atoms with Crippen LogP contribution in [0.3, 0.4) is 0 Å². The van der Waals surface area contributed by atoms with Crippen LogP contribution in [0.2, 0.25) is 0 Å². The Bertz CT molecular complexity index is 1290. The normalized spacial score (nSPS) is 11.5. The summed E-state index contributed by atoms with van der Waals surface area (Å²) in [5.41, 5.74) is 0.604. The van der Waals surface area contributed by atoms with Crippen molar-refractivity contribution in [1.29, 1.82) is 5.26 Å². The molecule has 0 aliphatic carbocycles. The summed E-state index contributed by atoms with van der Waals surface area (Å²) in [6.45, 7) is 0. The fraction of sp³-hybridized carbons (Fsp3) is 0. The van der Waals surface area contributed by atoms with Gasteiger partial charge in [0.1, 0.15) is 22.4 Å². The van der Waals surface area contributed by atoms with E-state index in [9.17, 15) is 22.9 Å². The van der Waals surface area contributed by atoms with Crippen LogP contribution in [-0.4, -0.2) is 14.3 Å². The van der Waals surface area contributed by atoms with E-state index in [4.69, 9.17) is 4.18 Å². The summed E-state index contributed by atoms with van der Waals surface area (Å²) in [5, 5.41) is 11.8. The molecule has 6 nitrogen and oxygen atoms in total. The SMILES string of the molecule is N#C/C(=C\c1ccc(OS(=O)(=O)c2ccccc2)c(Br)c1)C(=O)Nc1ccc(F)cc1. The molecule has 0 bridgehead atoms. The highest BCUT2D eigenvalue weighted by atomic mass is 79.9. The van der Waals surface area contributed by atoms with Crippen LogP contribution in [0.4, 0.5) is 10.1 Å². The molecule has 0 saturated heterocycles. The van der Waals surface area contributed by atoms with E-state index in [2.05, 4.69) is 21.2 Å². The minimum absolute atomic E-state index is 0.00936. The summed E-state index contributed by atoms with van der Waals surface area (Å²) in [6.07, 6.45) is 1.33. The van der Waals surface area contributed by atoms with Crippen LogP contribution in [0.15, 0.2) is 87.7 Å². The summed E-state index contributed by atoms with van der Waals surface area (Å²) >= 11 is 3.24. The second kappa shape index (κ2) is 9.55. The maximum absolute atomic E-state index is 13.0. The van der Waals surface area contributed by atoms with Crippen LogP contribution in [0.25, 0.3) is 6.08 Å². The molecule has 0 saturated carbocycles. The number of anilines is 1. The molecule has 31 heavy (non-hydrogen) atoms. The van der Waals surface area contributed by atoms with Gasteiger partial charge in [0.15, 0.2) is 5.75 Å². The lowest BCUT2D eigenvalue weighted by molar-refractivity contribution is -0.112. The number of hydrogen-bond donors (Lipinski definition) is 1. The highest BCUT2D eigenvalue weighted by molar-refractivity contribution is 9.10. The van der Waals surface area contributed by atoms with Crippen molar-refractivity contribution in [3.8, 4) is 11.8 Å². The van der Waals surface area contributed by atoms with E-state index in [-0.39, 0.29) is 16.2 Å². The molecule has 0 unspecified atom stereocenters. The van der Waals surface area contributed by atoms with Gasteiger partial charge in [-0.2, -0.15) is 13.7 Å². The Morgan fingerprint density at radius 1 is 1.06 bits per heavy atom. The number of benzene rings is 3. The van der Waals surface area contributed by atoms with Crippen molar-refractivity contribution in [1.82, 2.24) is 0 Å². The summed E-state index contributed by atoms with van der Waals surface area (Å²) in [5.74, 6) is -1.07. The third-order valence-corrected chi connectivity index (χ3v) is 5.83. The molecule has 3 rings (SSSR count). The highest BCUT2D eigenvalue weighted by Gasteiger charge is 2.18.